The number of benzene rings is 1. The number of fused-ring (bicyclic) bond motifs is 1. The minimum atomic E-state index is -0.544. The van der Waals surface area contributed by atoms with Crippen molar-refractivity contribution in [3.05, 3.63) is 60.1 Å². The van der Waals surface area contributed by atoms with Crippen LogP contribution in [-0.2, 0) is 0 Å². The third-order valence-corrected chi connectivity index (χ3v) is 4.68. The minimum Gasteiger partial charge on any atom is -0.489 e. The van der Waals surface area contributed by atoms with Crippen LogP contribution in [0.25, 0.3) is 10.9 Å². The number of ether oxygens (including phenoxy) is 1. The lowest BCUT2D eigenvalue weighted by atomic mass is 10.0. The second-order valence-corrected chi connectivity index (χ2v) is 6.41. The van der Waals surface area contributed by atoms with Crippen LogP contribution in [0, 0.1) is 23.1 Å². The van der Waals surface area contributed by atoms with E-state index in [9.17, 15) is 14.0 Å². The molecule has 1 fully saturated rings. The second-order valence-electron chi connectivity index (χ2n) is 6.41. The molecule has 7 heteroatoms. The van der Waals surface area contributed by atoms with Crippen LogP contribution < -0.4 is 9.64 Å². The molecule has 3 heterocycles. The number of hydrogen-bond donors (Lipinski definition) is 0. The molecule has 1 aliphatic rings. The van der Waals surface area contributed by atoms with E-state index in [0.29, 0.717) is 41.0 Å². The number of piperidine rings is 1. The van der Waals surface area contributed by atoms with Gasteiger partial charge < -0.3 is 9.64 Å². The summed E-state index contributed by atoms with van der Waals surface area (Å²) in [5.74, 6) is -0.371. The van der Waals surface area contributed by atoms with Crippen LogP contribution in [0.4, 0.5) is 14.5 Å². The summed E-state index contributed by atoms with van der Waals surface area (Å²) in [4.78, 5) is 9.91. The molecule has 0 bridgehead atoms. The molecular weight excluding hydrogens is 350 g/mol. The van der Waals surface area contributed by atoms with Gasteiger partial charge in [0.05, 0.1) is 23.0 Å². The number of nitrogens with zero attached hydrogens (tertiary/aromatic N) is 4. The van der Waals surface area contributed by atoms with Crippen LogP contribution in [0.3, 0.4) is 0 Å². The van der Waals surface area contributed by atoms with E-state index in [1.807, 2.05) is 0 Å². The molecule has 0 radical (unpaired) electrons. The second kappa shape index (κ2) is 7.16. The van der Waals surface area contributed by atoms with Gasteiger partial charge in [-0.2, -0.15) is 9.65 Å². The van der Waals surface area contributed by atoms with Gasteiger partial charge in [-0.3, -0.25) is 4.98 Å². The Balaban J connectivity index is 1.55. The summed E-state index contributed by atoms with van der Waals surface area (Å²) in [6.45, 7) is 1.31. The zero-order valence-corrected chi connectivity index (χ0v) is 14.4. The summed E-state index contributed by atoms with van der Waals surface area (Å²) >= 11 is 0. The quantitative estimate of drug-likeness (QED) is 0.660. The van der Waals surface area contributed by atoms with Gasteiger partial charge in [0.1, 0.15) is 23.7 Å². The van der Waals surface area contributed by atoms with Crippen LogP contribution in [-0.4, -0.2) is 29.2 Å². The van der Waals surface area contributed by atoms with Crippen LogP contribution in [0.15, 0.2) is 42.7 Å². The van der Waals surface area contributed by atoms with E-state index in [2.05, 4.69) is 20.9 Å². The number of rotatable bonds is 3. The lowest BCUT2D eigenvalue weighted by Crippen LogP contribution is -2.38. The summed E-state index contributed by atoms with van der Waals surface area (Å²) in [5, 5.41) is 10.1. The van der Waals surface area contributed by atoms with E-state index < -0.39 is 5.95 Å². The van der Waals surface area contributed by atoms with Crippen molar-refractivity contribution >= 4 is 16.6 Å². The summed E-state index contributed by atoms with van der Waals surface area (Å²) in [5.41, 5.74) is 1.79. The average molecular weight is 366 g/mol. The van der Waals surface area contributed by atoms with Gasteiger partial charge in [0.2, 0.25) is 5.95 Å². The van der Waals surface area contributed by atoms with Crippen molar-refractivity contribution in [2.24, 2.45) is 0 Å². The third-order valence-electron chi connectivity index (χ3n) is 4.68. The maximum atomic E-state index is 13.8. The van der Waals surface area contributed by atoms with E-state index in [1.54, 1.807) is 12.1 Å². The largest absolute Gasteiger partial charge is 0.489 e. The number of hydrogen-bond acceptors (Lipinski definition) is 5. The first-order valence-corrected chi connectivity index (χ1v) is 8.65. The van der Waals surface area contributed by atoms with E-state index >= 15 is 0 Å². The highest BCUT2D eigenvalue weighted by atomic mass is 19.1. The first-order valence-electron chi connectivity index (χ1n) is 8.65. The van der Waals surface area contributed by atoms with Crippen molar-refractivity contribution in [2.45, 2.75) is 18.9 Å². The molecule has 0 N–H and O–H groups in total. The Morgan fingerprint density at radius 2 is 1.89 bits per heavy atom. The molecule has 0 amide bonds. The Morgan fingerprint density at radius 3 is 2.59 bits per heavy atom. The van der Waals surface area contributed by atoms with Crippen molar-refractivity contribution in [3.8, 4) is 11.8 Å². The SMILES string of the molecule is N#Cc1cnc2ccc(F)cc2c1N1CCC(Oc2ccc(F)nc2)CC1. The fraction of sp³-hybridized carbons (Fsp3) is 0.250. The lowest BCUT2D eigenvalue weighted by Gasteiger charge is -2.34. The molecule has 0 atom stereocenters. The fourth-order valence-electron chi connectivity index (χ4n) is 3.40. The van der Waals surface area contributed by atoms with Crippen molar-refractivity contribution in [3.63, 3.8) is 0 Å². The van der Waals surface area contributed by atoms with Gasteiger partial charge in [-0.05, 0) is 30.3 Å². The van der Waals surface area contributed by atoms with Crippen LogP contribution >= 0.6 is 0 Å². The van der Waals surface area contributed by atoms with Gasteiger partial charge in [0.25, 0.3) is 0 Å². The van der Waals surface area contributed by atoms with Crippen molar-refractivity contribution in [2.75, 3.05) is 18.0 Å². The molecule has 3 aromatic rings. The Hall–Kier alpha value is -3.27. The summed E-state index contributed by atoms with van der Waals surface area (Å²) in [7, 11) is 0. The molecule has 0 spiro atoms. The third kappa shape index (κ3) is 3.51. The fourth-order valence-corrected chi connectivity index (χ4v) is 3.40. The Labute approximate surface area is 154 Å². The monoisotopic (exact) mass is 366 g/mol. The number of halogens is 2. The standard InChI is InChI=1S/C20H16F2N4O/c21-14-1-3-18-17(9-14)20(13(10-23)11-24-18)26-7-5-15(6-8-26)27-16-2-4-19(22)25-12-16/h1-4,9,11-12,15H,5-8H2. The molecule has 0 saturated carbocycles. The molecule has 1 aliphatic heterocycles. The molecule has 5 nitrogen and oxygen atoms in total. The van der Waals surface area contributed by atoms with Crippen LogP contribution in [0.2, 0.25) is 0 Å². The van der Waals surface area contributed by atoms with Crippen LogP contribution in [0.1, 0.15) is 18.4 Å². The molecule has 0 aliphatic carbocycles. The highest BCUT2D eigenvalue weighted by molar-refractivity contribution is 5.94. The van der Waals surface area contributed by atoms with Crippen molar-refractivity contribution in [1.29, 1.82) is 5.26 Å². The molecule has 27 heavy (non-hydrogen) atoms. The number of pyridine rings is 2. The van der Waals surface area contributed by atoms with Gasteiger partial charge in [-0.25, -0.2) is 9.37 Å². The molecular formula is C20H16F2N4O. The van der Waals surface area contributed by atoms with Crippen LogP contribution in [0.5, 0.6) is 5.75 Å². The molecule has 1 saturated heterocycles. The molecule has 136 valence electrons. The Kier molecular flexibility index (Phi) is 4.55. The summed E-state index contributed by atoms with van der Waals surface area (Å²) in [6, 6.07) is 9.38. The van der Waals surface area contributed by atoms with Gasteiger partial charge in [0, 0.05) is 37.5 Å². The number of aromatic nitrogens is 2. The molecule has 4 rings (SSSR count). The Bertz CT molecular complexity index is 1010. The highest BCUT2D eigenvalue weighted by Gasteiger charge is 2.24. The lowest BCUT2D eigenvalue weighted by molar-refractivity contribution is 0.170. The predicted octanol–water partition coefficient (Wildman–Crippen LogP) is 3.83. The van der Waals surface area contributed by atoms with E-state index in [0.717, 1.165) is 12.8 Å². The molecule has 1 aromatic carbocycles. The van der Waals surface area contributed by atoms with Gasteiger partial charge in [-0.15, -0.1) is 0 Å². The average Bonchev–Trinajstić information content (AvgIpc) is 2.69. The van der Waals surface area contributed by atoms with Gasteiger partial charge in [-0.1, -0.05) is 0 Å². The minimum absolute atomic E-state index is 0.0242. The molecule has 2 aromatic heterocycles. The van der Waals surface area contributed by atoms with Crippen molar-refractivity contribution < 1.29 is 13.5 Å². The predicted molar refractivity (Wildman–Crippen MR) is 96.5 cm³/mol. The zero-order valence-electron chi connectivity index (χ0n) is 14.4. The normalized spacial score (nSPS) is 14.9. The van der Waals surface area contributed by atoms with E-state index in [4.69, 9.17) is 4.74 Å². The number of anilines is 1. The Morgan fingerprint density at radius 1 is 1.07 bits per heavy atom. The van der Waals surface area contributed by atoms with E-state index in [1.165, 1.54) is 30.6 Å². The molecule has 0 unspecified atom stereocenters. The summed E-state index contributed by atoms with van der Waals surface area (Å²) in [6.07, 6.45) is 4.32. The van der Waals surface area contributed by atoms with Gasteiger partial charge in [0.15, 0.2) is 0 Å². The first kappa shape index (κ1) is 17.2. The van der Waals surface area contributed by atoms with E-state index in [-0.39, 0.29) is 11.9 Å². The maximum Gasteiger partial charge on any atom is 0.213 e. The van der Waals surface area contributed by atoms with Gasteiger partial charge >= 0.3 is 0 Å². The highest BCUT2D eigenvalue weighted by Crippen LogP contribution is 2.32. The maximum absolute atomic E-state index is 13.8. The van der Waals surface area contributed by atoms with Crippen molar-refractivity contribution in [1.82, 2.24) is 9.97 Å². The topological polar surface area (TPSA) is 62.0 Å². The smallest absolute Gasteiger partial charge is 0.213 e. The number of nitriles is 1. The first-order chi connectivity index (χ1) is 13.1. The zero-order chi connectivity index (χ0) is 18.8. The summed E-state index contributed by atoms with van der Waals surface area (Å²) < 4.78 is 32.5.